The van der Waals surface area contributed by atoms with Gasteiger partial charge in [0, 0.05) is 0 Å². The standard InChI is InChI=1S/C14H16S2Se3/c17-12(4-10-7-15-10)3-9-1-2-19-14(9)6-13(18)5-11-8-16-11/h1-2,10-11H,3-8H2. The van der Waals surface area contributed by atoms with Crippen molar-refractivity contribution in [1.82, 2.24) is 0 Å². The van der Waals surface area contributed by atoms with Gasteiger partial charge in [-0.2, -0.15) is 0 Å². The molecule has 102 valence electrons. The average Bonchev–Trinajstić information content (AvgIpc) is 3.25. The topological polar surface area (TPSA) is 0 Å². The molecule has 2 aliphatic heterocycles. The first-order chi connectivity index (χ1) is 9.20. The van der Waals surface area contributed by atoms with Crippen molar-refractivity contribution >= 4 is 78.0 Å². The summed E-state index contributed by atoms with van der Waals surface area (Å²) in [6.45, 7) is 0. The summed E-state index contributed by atoms with van der Waals surface area (Å²) in [4.78, 5) is 2.40. The van der Waals surface area contributed by atoms with E-state index in [1.54, 1.807) is 18.8 Å². The molecule has 1 aromatic rings. The van der Waals surface area contributed by atoms with Gasteiger partial charge in [0.05, 0.1) is 0 Å². The van der Waals surface area contributed by atoms with E-state index in [1.807, 2.05) is 0 Å². The van der Waals surface area contributed by atoms with Crippen LogP contribution in [-0.4, -0.2) is 76.5 Å². The maximum absolute atomic E-state index is 3.32. The monoisotopic (exact) mass is 488 g/mol. The second-order valence-corrected chi connectivity index (χ2v) is 12.3. The van der Waals surface area contributed by atoms with Crippen LogP contribution in [-0.2, 0) is 12.8 Å². The second kappa shape index (κ2) is 7.16. The molecule has 0 saturated carbocycles. The Morgan fingerprint density at radius 1 is 1.11 bits per heavy atom. The fourth-order valence-corrected chi connectivity index (χ4v) is 7.64. The predicted octanol–water partition coefficient (Wildman–Crippen LogP) is 1.52. The van der Waals surface area contributed by atoms with Crippen LogP contribution in [0, 0.1) is 0 Å². The number of hydrogen-bond donors (Lipinski definition) is 0. The van der Waals surface area contributed by atoms with Crippen LogP contribution in [0.4, 0.5) is 0 Å². The van der Waals surface area contributed by atoms with Gasteiger partial charge in [-0.1, -0.05) is 0 Å². The number of hydrogen-bond acceptors (Lipinski definition) is 2. The van der Waals surface area contributed by atoms with Gasteiger partial charge in [0.2, 0.25) is 0 Å². The third-order valence-corrected chi connectivity index (χ3v) is 8.57. The first-order valence-electron chi connectivity index (χ1n) is 6.52. The Hall–Kier alpha value is 1.48. The van der Waals surface area contributed by atoms with E-state index in [9.17, 15) is 0 Å². The molecule has 2 fully saturated rings. The van der Waals surface area contributed by atoms with Crippen LogP contribution in [0.25, 0.3) is 0 Å². The quantitative estimate of drug-likeness (QED) is 0.405. The van der Waals surface area contributed by atoms with E-state index in [0.29, 0.717) is 14.5 Å². The summed E-state index contributed by atoms with van der Waals surface area (Å²) in [5, 5.41) is 1.85. The fraction of sp³-hybridized carbons (Fsp3) is 0.571. The summed E-state index contributed by atoms with van der Waals surface area (Å²) in [5.74, 6) is 2.75. The van der Waals surface area contributed by atoms with Crippen LogP contribution < -0.4 is 0 Å². The van der Waals surface area contributed by atoms with Gasteiger partial charge in [0.25, 0.3) is 0 Å². The molecule has 2 saturated heterocycles. The summed E-state index contributed by atoms with van der Waals surface area (Å²) >= 11 is 11.4. The molecule has 3 heterocycles. The van der Waals surface area contributed by atoms with Crippen molar-refractivity contribution < 1.29 is 0 Å². The van der Waals surface area contributed by atoms with Crippen LogP contribution in [0.3, 0.4) is 0 Å². The SMILES string of the molecule is [Se]=C(Cc1cc[se]c1CC(=[Se])CC1CS1)CC1CS1. The average molecular weight is 485 g/mol. The molecule has 0 nitrogen and oxygen atoms in total. The second-order valence-electron chi connectivity index (χ2n) is 5.12. The molecule has 0 radical (unpaired) electrons. The van der Waals surface area contributed by atoms with Gasteiger partial charge in [-0.3, -0.25) is 0 Å². The van der Waals surface area contributed by atoms with Crippen molar-refractivity contribution in [2.75, 3.05) is 11.5 Å². The van der Waals surface area contributed by atoms with Crippen molar-refractivity contribution in [3.63, 3.8) is 0 Å². The number of thioether (sulfide) groups is 2. The zero-order valence-electron chi connectivity index (χ0n) is 10.6. The van der Waals surface area contributed by atoms with E-state index in [-0.39, 0.29) is 0 Å². The molecular formula is C14H16S2Se3. The molecular weight excluding hydrogens is 469 g/mol. The molecule has 3 rings (SSSR count). The van der Waals surface area contributed by atoms with Crippen LogP contribution in [0.5, 0.6) is 0 Å². The van der Waals surface area contributed by atoms with Crippen LogP contribution in [0.2, 0.25) is 0 Å². The Morgan fingerprint density at radius 3 is 2.26 bits per heavy atom. The van der Waals surface area contributed by atoms with Gasteiger partial charge in [0.15, 0.2) is 0 Å². The zero-order chi connectivity index (χ0) is 13.2. The molecule has 2 aliphatic rings. The molecule has 0 N–H and O–H groups in total. The van der Waals surface area contributed by atoms with Gasteiger partial charge in [0.1, 0.15) is 0 Å². The van der Waals surface area contributed by atoms with Crippen molar-refractivity contribution in [2.24, 2.45) is 0 Å². The van der Waals surface area contributed by atoms with E-state index in [4.69, 9.17) is 0 Å². The summed E-state index contributed by atoms with van der Waals surface area (Å²) < 4.78 is 4.85. The van der Waals surface area contributed by atoms with Crippen molar-refractivity contribution in [3.05, 3.63) is 21.0 Å². The van der Waals surface area contributed by atoms with E-state index >= 15 is 0 Å². The summed E-state index contributed by atoms with van der Waals surface area (Å²) in [6, 6.07) is 2.38. The van der Waals surface area contributed by atoms with Crippen molar-refractivity contribution in [2.45, 2.75) is 36.2 Å². The van der Waals surface area contributed by atoms with Crippen molar-refractivity contribution in [1.29, 1.82) is 0 Å². The van der Waals surface area contributed by atoms with Gasteiger partial charge >= 0.3 is 147 Å². The Kier molecular flexibility index (Phi) is 5.79. The summed E-state index contributed by atoms with van der Waals surface area (Å²) in [5.41, 5.74) is 1.61. The van der Waals surface area contributed by atoms with E-state index in [0.717, 1.165) is 10.5 Å². The molecule has 19 heavy (non-hydrogen) atoms. The third-order valence-electron chi connectivity index (χ3n) is 3.30. The van der Waals surface area contributed by atoms with E-state index in [1.165, 1.54) is 37.2 Å². The first-order valence-corrected chi connectivity index (χ1v) is 12.2. The van der Waals surface area contributed by atoms with Crippen LogP contribution in [0.15, 0.2) is 11.0 Å². The van der Waals surface area contributed by atoms with Crippen LogP contribution >= 0.6 is 23.5 Å². The molecule has 2 atom stereocenters. The molecule has 0 spiro atoms. The minimum absolute atomic E-state index is 0.607. The van der Waals surface area contributed by atoms with E-state index in [2.05, 4.69) is 65.7 Å². The van der Waals surface area contributed by atoms with Gasteiger partial charge in [-0.25, -0.2) is 0 Å². The maximum atomic E-state index is 3.32. The van der Waals surface area contributed by atoms with E-state index < -0.39 is 0 Å². The minimum atomic E-state index is 0.607. The molecule has 0 amide bonds. The van der Waals surface area contributed by atoms with Crippen molar-refractivity contribution in [3.8, 4) is 0 Å². The number of rotatable bonds is 8. The van der Waals surface area contributed by atoms with Gasteiger partial charge in [-0.15, -0.1) is 0 Å². The van der Waals surface area contributed by atoms with Crippen LogP contribution in [0.1, 0.15) is 22.8 Å². The zero-order valence-corrected chi connectivity index (χ0v) is 17.4. The predicted molar refractivity (Wildman–Crippen MR) is 94.0 cm³/mol. The molecule has 1 aromatic heterocycles. The Balaban J connectivity index is 1.54. The summed E-state index contributed by atoms with van der Waals surface area (Å²) in [7, 11) is 0. The molecule has 2 unspecified atom stereocenters. The van der Waals surface area contributed by atoms with Gasteiger partial charge in [-0.05, 0) is 0 Å². The molecule has 0 aromatic carbocycles. The molecule has 0 bridgehead atoms. The molecule has 0 aliphatic carbocycles. The summed E-state index contributed by atoms with van der Waals surface area (Å²) in [6.07, 6.45) is 4.97. The molecule has 5 heteroatoms. The van der Waals surface area contributed by atoms with Gasteiger partial charge < -0.3 is 0 Å². The Labute approximate surface area is 145 Å². The Morgan fingerprint density at radius 2 is 1.68 bits per heavy atom. The Bertz CT molecular complexity index is 444. The first kappa shape index (κ1) is 15.4. The fourth-order valence-electron chi connectivity index (χ4n) is 2.10. The third kappa shape index (κ3) is 5.31. The normalized spacial score (nSPS) is 24.2.